The summed E-state index contributed by atoms with van der Waals surface area (Å²) >= 11 is 1.47. The van der Waals surface area contributed by atoms with Crippen molar-refractivity contribution in [1.82, 2.24) is 0 Å². The maximum atomic E-state index is 11.1. The lowest BCUT2D eigenvalue weighted by atomic mass is 10.4. The van der Waals surface area contributed by atoms with Crippen molar-refractivity contribution >= 4 is 16.9 Å². The second-order valence-electron chi connectivity index (χ2n) is 4.13. The molecular formula is C9H20NOS+. The van der Waals surface area contributed by atoms with Gasteiger partial charge in [0.25, 0.3) is 0 Å². The van der Waals surface area contributed by atoms with E-state index in [0.29, 0.717) is 16.8 Å². The summed E-state index contributed by atoms with van der Waals surface area (Å²) in [4.78, 5) is 11.1. The molecule has 0 aliphatic rings. The second-order valence-corrected chi connectivity index (χ2v) is 5.62. The minimum atomic E-state index is 0.302. The van der Waals surface area contributed by atoms with Crippen molar-refractivity contribution in [2.24, 2.45) is 0 Å². The van der Waals surface area contributed by atoms with Crippen LogP contribution in [-0.4, -0.2) is 42.5 Å². The normalized spacial score (nSPS) is 14.4. The average molecular weight is 190 g/mol. The first-order chi connectivity index (χ1) is 5.35. The van der Waals surface area contributed by atoms with Crippen molar-refractivity contribution in [3.63, 3.8) is 0 Å². The minimum Gasteiger partial charge on any atom is -0.330 e. The van der Waals surface area contributed by atoms with Crippen LogP contribution in [0.3, 0.4) is 0 Å². The Morgan fingerprint density at radius 1 is 1.42 bits per heavy atom. The Bertz CT molecular complexity index is 151. The van der Waals surface area contributed by atoms with Gasteiger partial charge >= 0.3 is 0 Å². The number of quaternary nitrogens is 1. The molecule has 12 heavy (non-hydrogen) atoms. The molecule has 0 saturated carbocycles. The van der Waals surface area contributed by atoms with Crippen molar-refractivity contribution < 1.29 is 9.28 Å². The number of hydrogen-bond acceptors (Lipinski definition) is 2. The van der Waals surface area contributed by atoms with Crippen LogP contribution >= 0.6 is 11.8 Å². The van der Waals surface area contributed by atoms with Crippen LogP contribution in [0.4, 0.5) is 0 Å². The third kappa shape index (κ3) is 6.68. The molecular weight excluding hydrogens is 170 g/mol. The van der Waals surface area contributed by atoms with E-state index in [9.17, 15) is 4.79 Å². The van der Waals surface area contributed by atoms with Gasteiger partial charge in [-0.1, -0.05) is 18.7 Å². The standard InChI is InChI=1S/C9H20NOS/c1-6-9(11)12-8(2)7-10(3,4)5/h8H,6-7H2,1-5H3/q+1/t8-/m1/s1. The summed E-state index contributed by atoms with van der Waals surface area (Å²) in [6, 6.07) is 0. The average Bonchev–Trinajstić information content (AvgIpc) is 1.82. The molecule has 0 saturated heterocycles. The summed E-state index contributed by atoms with van der Waals surface area (Å²) in [6.45, 7) is 5.06. The van der Waals surface area contributed by atoms with Gasteiger partial charge in [0.1, 0.15) is 0 Å². The molecule has 0 aromatic heterocycles. The zero-order chi connectivity index (χ0) is 9.78. The van der Waals surface area contributed by atoms with Gasteiger partial charge in [-0.3, -0.25) is 4.79 Å². The fourth-order valence-electron chi connectivity index (χ4n) is 1.12. The summed E-state index contributed by atoms with van der Waals surface area (Å²) < 4.78 is 0.922. The highest BCUT2D eigenvalue weighted by Crippen LogP contribution is 2.15. The minimum absolute atomic E-state index is 0.302. The topological polar surface area (TPSA) is 17.1 Å². The van der Waals surface area contributed by atoms with Gasteiger partial charge in [-0.05, 0) is 6.92 Å². The van der Waals surface area contributed by atoms with E-state index in [1.54, 1.807) is 0 Å². The number of rotatable bonds is 4. The van der Waals surface area contributed by atoms with Crippen LogP contribution < -0.4 is 0 Å². The van der Waals surface area contributed by atoms with E-state index in [2.05, 4.69) is 28.1 Å². The predicted molar refractivity (Wildman–Crippen MR) is 55.3 cm³/mol. The molecule has 0 heterocycles. The van der Waals surface area contributed by atoms with Crippen molar-refractivity contribution in [3.8, 4) is 0 Å². The van der Waals surface area contributed by atoms with Gasteiger partial charge < -0.3 is 4.48 Å². The highest BCUT2D eigenvalue weighted by atomic mass is 32.2. The lowest BCUT2D eigenvalue weighted by Crippen LogP contribution is -2.39. The molecule has 0 rings (SSSR count). The molecule has 0 bridgehead atoms. The first kappa shape index (κ1) is 12.0. The van der Waals surface area contributed by atoms with E-state index in [0.717, 1.165) is 11.0 Å². The molecule has 0 aliphatic heterocycles. The highest BCUT2D eigenvalue weighted by Gasteiger charge is 2.16. The predicted octanol–water partition coefficient (Wildman–Crippen LogP) is 1.75. The Morgan fingerprint density at radius 3 is 2.25 bits per heavy atom. The van der Waals surface area contributed by atoms with Crippen LogP contribution in [0.1, 0.15) is 20.3 Å². The van der Waals surface area contributed by atoms with E-state index in [1.165, 1.54) is 11.8 Å². The van der Waals surface area contributed by atoms with Crippen LogP contribution in [0.5, 0.6) is 0 Å². The third-order valence-electron chi connectivity index (χ3n) is 1.43. The third-order valence-corrected chi connectivity index (χ3v) is 2.53. The quantitative estimate of drug-likeness (QED) is 0.628. The molecule has 0 spiro atoms. The van der Waals surface area contributed by atoms with Crippen LogP contribution in [0.15, 0.2) is 0 Å². The Morgan fingerprint density at radius 2 is 1.92 bits per heavy atom. The Hall–Kier alpha value is -0.0200. The van der Waals surface area contributed by atoms with Crippen LogP contribution in [0.2, 0.25) is 0 Å². The van der Waals surface area contributed by atoms with Gasteiger partial charge in [0, 0.05) is 6.42 Å². The Balaban J connectivity index is 3.74. The zero-order valence-corrected chi connectivity index (χ0v) is 9.57. The zero-order valence-electron chi connectivity index (χ0n) is 8.76. The number of nitrogens with zero attached hydrogens (tertiary/aromatic N) is 1. The largest absolute Gasteiger partial charge is 0.330 e. The number of carbonyl (C=O) groups excluding carboxylic acids is 1. The lowest BCUT2D eigenvalue weighted by molar-refractivity contribution is -0.869. The van der Waals surface area contributed by atoms with E-state index < -0.39 is 0 Å². The van der Waals surface area contributed by atoms with Crippen molar-refractivity contribution in [2.45, 2.75) is 25.5 Å². The fourth-order valence-corrected chi connectivity index (χ4v) is 2.25. The molecule has 0 fully saturated rings. The molecule has 1 atom stereocenters. The fraction of sp³-hybridized carbons (Fsp3) is 0.889. The lowest BCUT2D eigenvalue weighted by Gasteiger charge is -2.26. The molecule has 0 aromatic carbocycles. The van der Waals surface area contributed by atoms with Crippen molar-refractivity contribution in [1.29, 1.82) is 0 Å². The first-order valence-electron chi connectivity index (χ1n) is 4.35. The van der Waals surface area contributed by atoms with E-state index >= 15 is 0 Å². The maximum Gasteiger partial charge on any atom is 0.189 e. The molecule has 0 aromatic rings. The van der Waals surface area contributed by atoms with Crippen molar-refractivity contribution in [3.05, 3.63) is 0 Å². The van der Waals surface area contributed by atoms with Crippen LogP contribution in [-0.2, 0) is 4.79 Å². The SMILES string of the molecule is CCC(=O)S[C@H](C)C[N+](C)(C)C. The molecule has 72 valence electrons. The van der Waals surface area contributed by atoms with Crippen molar-refractivity contribution in [2.75, 3.05) is 27.7 Å². The van der Waals surface area contributed by atoms with Gasteiger partial charge in [-0.15, -0.1) is 0 Å². The maximum absolute atomic E-state index is 11.1. The number of carbonyl (C=O) groups is 1. The Kier molecular flexibility index (Phi) is 4.87. The molecule has 0 N–H and O–H groups in total. The summed E-state index contributed by atoms with van der Waals surface area (Å²) in [7, 11) is 6.44. The molecule has 0 aliphatic carbocycles. The van der Waals surface area contributed by atoms with E-state index in [1.807, 2.05) is 6.92 Å². The molecule has 0 radical (unpaired) electrons. The second kappa shape index (κ2) is 4.87. The van der Waals surface area contributed by atoms with Gasteiger partial charge in [0.15, 0.2) is 5.12 Å². The summed E-state index contributed by atoms with van der Waals surface area (Å²) in [5, 5.41) is 0.730. The monoisotopic (exact) mass is 190 g/mol. The van der Waals surface area contributed by atoms with Crippen LogP contribution in [0, 0.1) is 0 Å². The molecule has 0 unspecified atom stereocenters. The number of hydrogen-bond donors (Lipinski definition) is 0. The van der Waals surface area contributed by atoms with Crippen LogP contribution in [0.25, 0.3) is 0 Å². The molecule has 2 nitrogen and oxygen atoms in total. The number of thioether (sulfide) groups is 1. The van der Waals surface area contributed by atoms with Gasteiger partial charge in [0.2, 0.25) is 0 Å². The van der Waals surface area contributed by atoms with E-state index in [-0.39, 0.29) is 0 Å². The summed E-state index contributed by atoms with van der Waals surface area (Å²) in [6.07, 6.45) is 0.645. The molecule has 0 amide bonds. The molecule has 3 heteroatoms. The van der Waals surface area contributed by atoms with Gasteiger partial charge in [-0.25, -0.2) is 0 Å². The summed E-state index contributed by atoms with van der Waals surface area (Å²) in [5.41, 5.74) is 0. The first-order valence-corrected chi connectivity index (χ1v) is 5.23. The highest BCUT2D eigenvalue weighted by molar-refractivity contribution is 8.14. The Labute approximate surface area is 79.9 Å². The summed E-state index contributed by atoms with van der Waals surface area (Å²) in [5.74, 6) is 0. The van der Waals surface area contributed by atoms with Gasteiger partial charge in [0.05, 0.1) is 32.9 Å². The van der Waals surface area contributed by atoms with E-state index in [4.69, 9.17) is 0 Å². The smallest absolute Gasteiger partial charge is 0.189 e. The van der Waals surface area contributed by atoms with Gasteiger partial charge in [-0.2, -0.15) is 0 Å².